The molecule has 1 fully saturated rings. The Kier molecular flexibility index (Phi) is 5.89. The Labute approximate surface area is 194 Å². The number of hydrogen-bond donors (Lipinski definition) is 1. The highest BCUT2D eigenvalue weighted by Crippen LogP contribution is 2.29. The summed E-state index contributed by atoms with van der Waals surface area (Å²) in [7, 11) is 0. The lowest BCUT2D eigenvalue weighted by Crippen LogP contribution is -2.54. The van der Waals surface area contributed by atoms with E-state index in [1.807, 2.05) is 19.1 Å². The summed E-state index contributed by atoms with van der Waals surface area (Å²) in [6, 6.07) is 15.3. The molecule has 1 aliphatic heterocycles. The van der Waals surface area contributed by atoms with Gasteiger partial charge in [-0.25, -0.2) is 0 Å². The van der Waals surface area contributed by atoms with Crippen LogP contribution in [0.2, 0.25) is 0 Å². The minimum Gasteiger partial charge on any atom is -0.457 e. The van der Waals surface area contributed by atoms with Crippen LogP contribution in [0.25, 0.3) is 17.4 Å². The smallest absolute Gasteiger partial charge is 0.273 e. The van der Waals surface area contributed by atoms with Crippen molar-refractivity contribution in [2.75, 3.05) is 4.90 Å². The van der Waals surface area contributed by atoms with E-state index < -0.39 is 16.7 Å². The van der Waals surface area contributed by atoms with E-state index in [2.05, 4.69) is 5.32 Å². The van der Waals surface area contributed by atoms with Gasteiger partial charge in [0.2, 0.25) is 0 Å². The Morgan fingerprint density at radius 1 is 1.12 bits per heavy atom. The average Bonchev–Trinajstić information content (AvgIpc) is 3.26. The van der Waals surface area contributed by atoms with Crippen LogP contribution >= 0.6 is 12.2 Å². The molecule has 0 radical (unpaired) electrons. The Morgan fingerprint density at radius 3 is 2.52 bits per heavy atom. The molecule has 2 heterocycles. The molecule has 0 unspecified atom stereocenters. The number of amides is 2. The van der Waals surface area contributed by atoms with Crippen molar-refractivity contribution in [3.63, 3.8) is 0 Å². The molecule has 3 aromatic rings. The number of carbonyl (C=O) groups is 2. The minimum absolute atomic E-state index is 0.00139. The molecule has 4 rings (SSSR count). The van der Waals surface area contributed by atoms with Gasteiger partial charge >= 0.3 is 0 Å². The molecular weight excluding hydrogens is 442 g/mol. The van der Waals surface area contributed by atoms with Crippen molar-refractivity contribution < 1.29 is 18.9 Å². The summed E-state index contributed by atoms with van der Waals surface area (Å²) < 4.78 is 5.76. The van der Waals surface area contributed by atoms with Crippen molar-refractivity contribution in [2.45, 2.75) is 20.3 Å². The summed E-state index contributed by atoms with van der Waals surface area (Å²) in [5.74, 6) is -0.579. The predicted molar refractivity (Wildman–Crippen MR) is 128 cm³/mol. The summed E-state index contributed by atoms with van der Waals surface area (Å²) in [6.45, 7) is 3.68. The Bertz CT molecular complexity index is 1320. The molecule has 1 saturated heterocycles. The van der Waals surface area contributed by atoms with Gasteiger partial charge in [-0.05, 0) is 61.5 Å². The number of carbonyl (C=O) groups excluding carboxylic acids is 2. The fraction of sp³-hybridized carbons (Fsp3) is 0.125. The van der Waals surface area contributed by atoms with Gasteiger partial charge in [0, 0.05) is 17.2 Å². The van der Waals surface area contributed by atoms with E-state index in [0.29, 0.717) is 22.6 Å². The first-order chi connectivity index (χ1) is 15.8. The van der Waals surface area contributed by atoms with Crippen LogP contribution in [0.1, 0.15) is 23.8 Å². The molecule has 0 bridgehead atoms. The van der Waals surface area contributed by atoms with Gasteiger partial charge in [0.05, 0.1) is 10.6 Å². The normalized spacial score (nSPS) is 15.2. The molecular formula is C24H19N3O5S. The predicted octanol–water partition coefficient (Wildman–Crippen LogP) is 4.56. The molecule has 1 aliphatic rings. The van der Waals surface area contributed by atoms with Crippen molar-refractivity contribution in [3.8, 4) is 11.3 Å². The van der Waals surface area contributed by atoms with Crippen LogP contribution in [0.5, 0.6) is 0 Å². The third kappa shape index (κ3) is 4.31. The molecule has 0 saturated carbocycles. The first kappa shape index (κ1) is 22.1. The lowest BCUT2D eigenvalue weighted by atomic mass is 10.1. The van der Waals surface area contributed by atoms with Crippen molar-refractivity contribution in [1.82, 2.24) is 5.32 Å². The van der Waals surface area contributed by atoms with Crippen LogP contribution in [-0.2, 0) is 16.0 Å². The summed E-state index contributed by atoms with van der Waals surface area (Å²) in [6.07, 6.45) is 2.19. The molecule has 2 amide bonds. The number of nitro groups is 1. The maximum Gasteiger partial charge on any atom is 0.273 e. The van der Waals surface area contributed by atoms with Gasteiger partial charge in [-0.15, -0.1) is 0 Å². The zero-order chi connectivity index (χ0) is 23.7. The number of furan rings is 1. The average molecular weight is 461 g/mol. The summed E-state index contributed by atoms with van der Waals surface area (Å²) in [5, 5.41) is 13.8. The minimum atomic E-state index is -0.629. The standard InChI is InChI=1S/C24H19N3O5S/c1-3-15-5-8-17(9-6-15)26-23(29)19(22(28)25-24(26)33)13-18-10-11-21(32-18)16-7-4-14(2)20(12-16)27(30)31/h4-13H,3H2,1-2H3,(H,25,28,33). The quantitative estimate of drug-likeness (QED) is 0.196. The SMILES string of the molecule is CCc1ccc(N2C(=O)C(=Cc3ccc(-c4ccc(C)c([N+](=O)[O-])c4)o3)C(=O)NC2=S)cc1. The van der Waals surface area contributed by atoms with Gasteiger partial charge < -0.3 is 4.42 Å². The fourth-order valence-corrected chi connectivity index (χ4v) is 3.74. The Hall–Kier alpha value is -4.11. The molecule has 0 aliphatic carbocycles. The highest BCUT2D eigenvalue weighted by Gasteiger charge is 2.34. The van der Waals surface area contributed by atoms with Crippen molar-refractivity contribution in [1.29, 1.82) is 0 Å². The first-order valence-electron chi connectivity index (χ1n) is 10.1. The number of nitrogens with zero attached hydrogens (tertiary/aromatic N) is 2. The molecule has 9 heteroatoms. The maximum atomic E-state index is 13.1. The van der Waals surface area contributed by atoms with Gasteiger partial charge in [0.25, 0.3) is 17.5 Å². The van der Waals surface area contributed by atoms with Crippen LogP contribution < -0.4 is 10.2 Å². The number of nitrogens with one attached hydrogen (secondary N) is 1. The third-order valence-corrected chi connectivity index (χ3v) is 5.59. The second-order valence-corrected chi connectivity index (χ2v) is 7.82. The van der Waals surface area contributed by atoms with E-state index in [1.165, 1.54) is 17.0 Å². The first-order valence-corrected chi connectivity index (χ1v) is 10.5. The monoisotopic (exact) mass is 461 g/mol. The topological polar surface area (TPSA) is 106 Å². The van der Waals surface area contributed by atoms with E-state index in [9.17, 15) is 19.7 Å². The molecule has 8 nitrogen and oxygen atoms in total. The van der Waals surface area contributed by atoms with Crippen LogP contribution in [0, 0.1) is 17.0 Å². The number of anilines is 1. The van der Waals surface area contributed by atoms with E-state index in [-0.39, 0.29) is 22.1 Å². The second kappa shape index (κ2) is 8.79. The molecule has 166 valence electrons. The van der Waals surface area contributed by atoms with E-state index in [4.69, 9.17) is 16.6 Å². The fourth-order valence-electron chi connectivity index (χ4n) is 3.46. The zero-order valence-corrected chi connectivity index (χ0v) is 18.6. The molecule has 1 N–H and O–H groups in total. The molecule has 1 aromatic heterocycles. The van der Waals surface area contributed by atoms with Crippen LogP contribution in [0.3, 0.4) is 0 Å². The second-order valence-electron chi connectivity index (χ2n) is 7.44. The Balaban J connectivity index is 1.66. The largest absolute Gasteiger partial charge is 0.457 e. The van der Waals surface area contributed by atoms with Gasteiger partial charge in [-0.3, -0.25) is 29.9 Å². The molecule has 33 heavy (non-hydrogen) atoms. The highest BCUT2D eigenvalue weighted by molar-refractivity contribution is 7.80. The molecule has 2 aromatic carbocycles. The zero-order valence-electron chi connectivity index (χ0n) is 17.8. The van der Waals surface area contributed by atoms with E-state index in [1.54, 1.807) is 43.3 Å². The van der Waals surface area contributed by atoms with Gasteiger partial charge in [0.15, 0.2) is 5.11 Å². The van der Waals surface area contributed by atoms with Crippen molar-refractivity contribution >= 4 is 46.6 Å². The number of benzene rings is 2. The lowest BCUT2D eigenvalue weighted by Gasteiger charge is -2.28. The number of thiocarbonyl (C=S) groups is 1. The summed E-state index contributed by atoms with van der Waals surface area (Å²) in [5.41, 5.74) is 2.52. The lowest BCUT2D eigenvalue weighted by molar-refractivity contribution is -0.385. The number of rotatable bonds is 5. The number of nitro benzene ring substituents is 1. The van der Waals surface area contributed by atoms with Gasteiger partial charge in [-0.1, -0.05) is 31.2 Å². The molecule has 0 spiro atoms. The van der Waals surface area contributed by atoms with Gasteiger partial charge in [0.1, 0.15) is 17.1 Å². The highest BCUT2D eigenvalue weighted by atomic mass is 32.1. The van der Waals surface area contributed by atoms with E-state index in [0.717, 1.165) is 12.0 Å². The maximum absolute atomic E-state index is 13.1. The van der Waals surface area contributed by atoms with Crippen molar-refractivity contribution in [2.24, 2.45) is 0 Å². The summed E-state index contributed by atoms with van der Waals surface area (Å²) >= 11 is 5.22. The molecule has 0 atom stereocenters. The number of aryl methyl sites for hydroxylation is 2. The van der Waals surface area contributed by atoms with Crippen LogP contribution in [-0.4, -0.2) is 21.9 Å². The third-order valence-electron chi connectivity index (χ3n) is 5.31. The number of hydrogen-bond acceptors (Lipinski definition) is 6. The Morgan fingerprint density at radius 2 is 1.85 bits per heavy atom. The van der Waals surface area contributed by atoms with Crippen molar-refractivity contribution in [3.05, 3.63) is 87.2 Å². The van der Waals surface area contributed by atoms with Crippen LogP contribution in [0.15, 0.2) is 64.6 Å². The van der Waals surface area contributed by atoms with Crippen LogP contribution in [0.4, 0.5) is 11.4 Å². The van der Waals surface area contributed by atoms with E-state index >= 15 is 0 Å². The van der Waals surface area contributed by atoms with Gasteiger partial charge in [-0.2, -0.15) is 0 Å². The summed E-state index contributed by atoms with van der Waals surface area (Å²) in [4.78, 5) is 37.7.